The fourth-order valence-electron chi connectivity index (χ4n) is 1.99. The Morgan fingerprint density at radius 2 is 1.85 bits per heavy atom. The van der Waals surface area contributed by atoms with Gasteiger partial charge in [0.1, 0.15) is 0 Å². The topological polar surface area (TPSA) is 97.1 Å². The van der Waals surface area contributed by atoms with Crippen molar-refractivity contribution in [3.05, 3.63) is 57.2 Å². The number of halogens is 2. The molecule has 0 spiro atoms. The number of amides is 2. The van der Waals surface area contributed by atoms with E-state index < -0.39 is 5.91 Å². The summed E-state index contributed by atoms with van der Waals surface area (Å²) in [5.41, 5.74) is 0.378. The number of aromatic nitrogens is 2. The van der Waals surface area contributed by atoms with E-state index >= 15 is 0 Å². The highest BCUT2D eigenvalue weighted by Crippen LogP contribution is 2.22. The zero-order chi connectivity index (χ0) is 18.5. The molecule has 0 saturated carbocycles. The monoisotopic (exact) mass is 410 g/mol. The Kier molecular flexibility index (Phi) is 5.87. The van der Waals surface area contributed by atoms with Crippen molar-refractivity contribution in [1.29, 1.82) is 0 Å². The molecule has 0 saturated heterocycles. The number of hydrogen-bond donors (Lipinski definition) is 2. The molecule has 2 heterocycles. The molecule has 1 aromatic carbocycles. The predicted octanol–water partition coefficient (Wildman–Crippen LogP) is 3.26. The molecule has 3 aromatic rings. The number of benzene rings is 1. The zero-order valence-corrected chi connectivity index (χ0v) is 15.5. The van der Waals surface area contributed by atoms with Crippen LogP contribution in [0.25, 0.3) is 10.7 Å². The van der Waals surface area contributed by atoms with Gasteiger partial charge in [-0.05, 0) is 29.6 Å². The van der Waals surface area contributed by atoms with Crippen LogP contribution < -0.4 is 10.6 Å². The van der Waals surface area contributed by atoms with E-state index in [1.54, 1.807) is 12.1 Å². The van der Waals surface area contributed by atoms with Crippen LogP contribution in [0.4, 0.5) is 0 Å². The largest absolute Gasteiger partial charge is 0.350 e. The van der Waals surface area contributed by atoms with Crippen molar-refractivity contribution >= 4 is 46.4 Å². The van der Waals surface area contributed by atoms with Crippen molar-refractivity contribution in [3.8, 4) is 10.7 Å². The highest BCUT2D eigenvalue weighted by Gasteiger charge is 2.16. The van der Waals surface area contributed by atoms with E-state index in [-0.39, 0.29) is 24.9 Å². The lowest BCUT2D eigenvalue weighted by atomic mass is 10.2. The molecule has 0 fully saturated rings. The highest BCUT2D eigenvalue weighted by molar-refractivity contribution is 7.13. The molecule has 0 bridgehead atoms. The number of carbonyl (C=O) groups is 2. The van der Waals surface area contributed by atoms with Crippen LogP contribution in [0.1, 0.15) is 21.0 Å². The lowest BCUT2D eigenvalue weighted by Gasteiger charge is -2.06. The fraction of sp³-hybridized carbons (Fsp3) is 0.125. The van der Waals surface area contributed by atoms with Crippen LogP contribution in [0.3, 0.4) is 0 Å². The molecule has 0 aliphatic carbocycles. The smallest absolute Gasteiger partial charge is 0.316 e. The number of thiophene rings is 1. The maximum atomic E-state index is 12.0. The lowest BCUT2D eigenvalue weighted by molar-refractivity contribution is 0.0898. The summed E-state index contributed by atoms with van der Waals surface area (Å²) in [5, 5.41) is 11.6. The maximum Gasteiger partial charge on any atom is 0.316 e. The van der Waals surface area contributed by atoms with Gasteiger partial charge in [0.2, 0.25) is 5.82 Å². The third kappa shape index (κ3) is 4.40. The van der Waals surface area contributed by atoms with Crippen molar-refractivity contribution in [2.24, 2.45) is 0 Å². The maximum absolute atomic E-state index is 12.0. The van der Waals surface area contributed by atoms with Gasteiger partial charge < -0.3 is 15.2 Å². The average Bonchev–Trinajstić information content (AvgIpc) is 3.31. The van der Waals surface area contributed by atoms with E-state index in [0.29, 0.717) is 21.4 Å². The van der Waals surface area contributed by atoms with Crippen LogP contribution in [-0.2, 0) is 0 Å². The summed E-state index contributed by atoms with van der Waals surface area (Å²) in [4.78, 5) is 28.8. The van der Waals surface area contributed by atoms with E-state index in [4.69, 9.17) is 27.7 Å². The average molecular weight is 411 g/mol. The molecular weight excluding hydrogens is 399 g/mol. The van der Waals surface area contributed by atoms with Gasteiger partial charge in [-0.15, -0.1) is 11.3 Å². The number of rotatable bonds is 6. The SMILES string of the molecule is O=C(NCCNC(=O)c1nc(-c2cccs2)no1)c1ccc(Cl)c(Cl)c1. The summed E-state index contributed by atoms with van der Waals surface area (Å²) in [7, 11) is 0. The minimum Gasteiger partial charge on any atom is -0.350 e. The van der Waals surface area contributed by atoms with Crippen LogP contribution in [0, 0.1) is 0 Å². The van der Waals surface area contributed by atoms with E-state index in [0.717, 1.165) is 4.88 Å². The first-order chi connectivity index (χ1) is 12.5. The molecule has 2 N–H and O–H groups in total. The third-order valence-corrected chi connectivity index (χ3v) is 4.84. The number of hydrogen-bond acceptors (Lipinski definition) is 6. The lowest BCUT2D eigenvalue weighted by Crippen LogP contribution is -2.34. The molecule has 0 atom stereocenters. The van der Waals surface area contributed by atoms with Crippen molar-refractivity contribution < 1.29 is 14.1 Å². The molecular formula is C16H12Cl2N4O3S. The Balaban J connectivity index is 1.46. The van der Waals surface area contributed by atoms with Gasteiger partial charge in [0.05, 0.1) is 14.9 Å². The van der Waals surface area contributed by atoms with Gasteiger partial charge >= 0.3 is 11.8 Å². The molecule has 0 radical (unpaired) electrons. The summed E-state index contributed by atoms with van der Waals surface area (Å²) >= 11 is 13.1. The number of carbonyl (C=O) groups excluding carboxylic acids is 2. The van der Waals surface area contributed by atoms with Crippen LogP contribution in [-0.4, -0.2) is 35.0 Å². The van der Waals surface area contributed by atoms with Crippen LogP contribution in [0.2, 0.25) is 10.0 Å². The number of nitrogens with one attached hydrogen (secondary N) is 2. The molecule has 2 aromatic heterocycles. The third-order valence-electron chi connectivity index (χ3n) is 3.24. The first kappa shape index (κ1) is 18.4. The van der Waals surface area contributed by atoms with Crippen LogP contribution >= 0.6 is 34.5 Å². The molecule has 26 heavy (non-hydrogen) atoms. The predicted molar refractivity (Wildman–Crippen MR) is 98.7 cm³/mol. The molecule has 2 amide bonds. The number of nitrogens with zero attached hydrogens (tertiary/aromatic N) is 2. The quantitative estimate of drug-likeness (QED) is 0.607. The molecule has 10 heteroatoms. The summed E-state index contributed by atoms with van der Waals surface area (Å²) < 4.78 is 4.94. The van der Waals surface area contributed by atoms with E-state index in [1.807, 2.05) is 17.5 Å². The van der Waals surface area contributed by atoms with Gasteiger partial charge in [-0.25, -0.2) is 0 Å². The summed E-state index contributed by atoms with van der Waals surface area (Å²) in [6.07, 6.45) is 0. The zero-order valence-electron chi connectivity index (χ0n) is 13.2. The molecule has 0 aliphatic rings. The first-order valence-corrected chi connectivity index (χ1v) is 9.07. The fourth-order valence-corrected chi connectivity index (χ4v) is 2.94. The van der Waals surface area contributed by atoms with Crippen molar-refractivity contribution in [3.63, 3.8) is 0 Å². The summed E-state index contributed by atoms with van der Waals surface area (Å²) in [5.74, 6) is -0.609. The van der Waals surface area contributed by atoms with Gasteiger partial charge in [0.15, 0.2) is 0 Å². The second kappa shape index (κ2) is 8.31. The van der Waals surface area contributed by atoms with Gasteiger partial charge in [-0.1, -0.05) is 34.4 Å². The van der Waals surface area contributed by atoms with E-state index in [9.17, 15) is 9.59 Å². The molecule has 7 nitrogen and oxygen atoms in total. The second-order valence-corrected chi connectivity index (χ2v) is 6.80. The van der Waals surface area contributed by atoms with Gasteiger partial charge in [0, 0.05) is 18.7 Å². The summed E-state index contributed by atoms with van der Waals surface area (Å²) in [6.45, 7) is 0.416. The Morgan fingerprint density at radius 1 is 1.08 bits per heavy atom. The molecule has 134 valence electrons. The van der Waals surface area contributed by atoms with Crippen molar-refractivity contribution in [2.45, 2.75) is 0 Å². The van der Waals surface area contributed by atoms with Crippen LogP contribution in [0.15, 0.2) is 40.2 Å². The normalized spacial score (nSPS) is 10.5. The molecule has 0 aliphatic heterocycles. The minimum atomic E-state index is -0.510. The Bertz CT molecular complexity index is 927. The minimum absolute atomic E-state index is 0.135. The van der Waals surface area contributed by atoms with Gasteiger partial charge in [-0.3, -0.25) is 9.59 Å². The Labute approximate surface area is 162 Å². The first-order valence-electron chi connectivity index (χ1n) is 7.43. The molecule has 3 rings (SSSR count). The summed E-state index contributed by atoms with van der Waals surface area (Å²) in [6, 6.07) is 8.26. The Morgan fingerprint density at radius 3 is 2.54 bits per heavy atom. The van der Waals surface area contributed by atoms with Gasteiger partial charge in [0.25, 0.3) is 5.91 Å². The highest BCUT2D eigenvalue weighted by atomic mass is 35.5. The van der Waals surface area contributed by atoms with E-state index in [1.165, 1.54) is 17.4 Å². The standard InChI is InChI=1S/C16H12Cl2N4O3S/c17-10-4-3-9(8-11(10)18)14(23)19-5-6-20-15(24)16-21-13(22-25-16)12-2-1-7-26-12/h1-4,7-8H,5-6H2,(H,19,23)(H,20,24). The molecule has 0 unspecified atom stereocenters. The Hall–Kier alpha value is -2.42. The van der Waals surface area contributed by atoms with Crippen LogP contribution in [0.5, 0.6) is 0 Å². The van der Waals surface area contributed by atoms with E-state index in [2.05, 4.69) is 20.8 Å². The second-order valence-electron chi connectivity index (χ2n) is 5.04. The van der Waals surface area contributed by atoms with Crippen molar-refractivity contribution in [1.82, 2.24) is 20.8 Å². The van der Waals surface area contributed by atoms with Gasteiger partial charge in [-0.2, -0.15) is 4.98 Å². The van der Waals surface area contributed by atoms with Crippen molar-refractivity contribution in [2.75, 3.05) is 13.1 Å².